The highest BCUT2D eigenvalue weighted by atomic mass is 32.2. The molecule has 2 aromatic rings. The lowest BCUT2D eigenvalue weighted by atomic mass is 10.1. The van der Waals surface area contributed by atoms with Crippen molar-refractivity contribution in [1.82, 2.24) is 0 Å². The smallest absolute Gasteiger partial charge is 0.268 e. The van der Waals surface area contributed by atoms with E-state index >= 15 is 0 Å². The summed E-state index contributed by atoms with van der Waals surface area (Å²) in [7, 11) is -3.04. The maximum absolute atomic E-state index is 13.7. The lowest BCUT2D eigenvalue weighted by Gasteiger charge is -2.30. The summed E-state index contributed by atoms with van der Waals surface area (Å²) in [5.41, 5.74) is 6.29. The molecular weight excluding hydrogens is 440 g/mol. The first-order valence-corrected chi connectivity index (χ1v) is 11.4. The van der Waals surface area contributed by atoms with Crippen LogP contribution in [0, 0.1) is 6.92 Å². The average molecular weight is 471 g/mol. The van der Waals surface area contributed by atoms with Gasteiger partial charge < -0.3 is 35.6 Å². The number of aliphatic hydroxyl groups is 4. The average Bonchev–Trinajstić information content (AvgIpc) is 2.79. The molecule has 0 aromatic heterocycles. The molecule has 178 valence electrons. The number of aliphatic hydroxyl groups excluding tert-OH is 4. The Labute approximate surface area is 187 Å². The van der Waals surface area contributed by atoms with Crippen LogP contribution in [0.15, 0.2) is 47.4 Å². The number of hydrogen-bond acceptors (Lipinski definition) is 9. The van der Waals surface area contributed by atoms with Gasteiger partial charge in [-0.3, -0.25) is 4.31 Å². The van der Waals surface area contributed by atoms with Crippen molar-refractivity contribution in [2.45, 2.75) is 30.1 Å². The molecule has 32 heavy (non-hydrogen) atoms. The zero-order valence-electron chi connectivity index (χ0n) is 18.0. The summed E-state index contributed by atoms with van der Waals surface area (Å²) in [6, 6.07) is 11.0. The molecule has 0 heterocycles. The van der Waals surface area contributed by atoms with Crippen molar-refractivity contribution in [3.8, 4) is 11.5 Å². The third-order valence-corrected chi connectivity index (χ3v) is 6.48. The zero-order chi connectivity index (χ0) is 23.9. The van der Waals surface area contributed by atoms with E-state index in [2.05, 4.69) is 0 Å². The first-order valence-electron chi connectivity index (χ1n) is 9.91. The summed E-state index contributed by atoms with van der Waals surface area (Å²) in [5.74, 6) is 0.163. The molecule has 0 amide bonds. The van der Waals surface area contributed by atoms with Crippen molar-refractivity contribution in [3.63, 3.8) is 0 Å². The van der Waals surface area contributed by atoms with Crippen molar-refractivity contribution in [2.24, 2.45) is 5.73 Å². The summed E-state index contributed by atoms with van der Waals surface area (Å²) < 4.78 is 39.3. The van der Waals surface area contributed by atoms with E-state index in [1.165, 1.54) is 25.3 Å². The number of rotatable bonds is 12. The number of methoxy groups -OCH3 is 1. The van der Waals surface area contributed by atoms with E-state index in [1.807, 2.05) is 0 Å². The van der Waals surface area contributed by atoms with Crippen LogP contribution in [-0.2, 0) is 10.0 Å². The Kier molecular flexibility index (Phi) is 9.25. The molecule has 0 aliphatic rings. The number of ether oxygens (including phenoxy) is 2. The molecule has 0 bridgehead atoms. The van der Waals surface area contributed by atoms with Crippen LogP contribution in [0.5, 0.6) is 11.5 Å². The first kappa shape index (κ1) is 25.8. The van der Waals surface area contributed by atoms with Gasteiger partial charge in [-0.2, -0.15) is 0 Å². The molecule has 0 aliphatic heterocycles. The molecule has 3 atom stereocenters. The minimum absolute atomic E-state index is 0.0320. The van der Waals surface area contributed by atoms with E-state index in [9.17, 15) is 23.7 Å². The monoisotopic (exact) mass is 470 g/mol. The quantitative estimate of drug-likeness (QED) is 0.278. The lowest BCUT2D eigenvalue weighted by molar-refractivity contribution is -0.0723. The van der Waals surface area contributed by atoms with Gasteiger partial charge in [-0.05, 0) is 36.8 Å². The summed E-state index contributed by atoms with van der Waals surface area (Å²) >= 11 is 0. The highest BCUT2D eigenvalue weighted by Crippen LogP contribution is 2.38. The standard InChI is InChI=1S/C21H30N2O8S/c1-14-10-18(31-9-8-22)21(30-2)19(11-14)32(28,29)23(15-6-4-3-5-7-15)12-16(25)20(27)17(26)13-24/h3-7,10-11,16-17,20,24-27H,8-9,12-13,22H2,1-2H3. The Hall–Kier alpha value is -2.41. The van der Waals surface area contributed by atoms with Crippen LogP contribution in [0.2, 0.25) is 0 Å². The normalized spacial score (nSPS) is 14.5. The van der Waals surface area contributed by atoms with Crippen LogP contribution >= 0.6 is 0 Å². The predicted octanol–water partition coefficient (Wildman–Crippen LogP) is -0.389. The van der Waals surface area contributed by atoms with Gasteiger partial charge in [-0.15, -0.1) is 0 Å². The topological polar surface area (TPSA) is 163 Å². The van der Waals surface area contributed by atoms with Gasteiger partial charge in [0.05, 0.1) is 25.9 Å². The Bertz CT molecular complexity index is 971. The van der Waals surface area contributed by atoms with Gasteiger partial charge in [0, 0.05) is 6.54 Å². The maximum atomic E-state index is 13.7. The number of para-hydroxylation sites is 1. The van der Waals surface area contributed by atoms with E-state index < -0.39 is 41.5 Å². The number of benzene rings is 2. The summed E-state index contributed by atoms with van der Waals surface area (Å²) in [5, 5.41) is 39.2. The first-order chi connectivity index (χ1) is 15.2. The molecule has 0 saturated heterocycles. The van der Waals surface area contributed by atoms with Crippen LogP contribution in [0.3, 0.4) is 0 Å². The largest absolute Gasteiger partial charge is 0.492 e. The Balaban J connectivity index is 2.59. The van der Waals surface area contributed by atoms with Crippen LogP contribution < -0.4 is 19.5 Å². The second-order valence-corrected chi connectivity index (χ2v) is 8.94. The molecule has 3 unspecified atom stereocenters. The number of sulfonamides is 1. The van der Waals surface area contributed by atoms with E-state index in [1.54, 1.807) is 31.2 Å². The van der Waals surface area contributed by atoms with Gasteiger partial charge in [0.1, 0.15) is 29.8 Å². The summed E-state index contributed by atoms with van der Waals surface area (Å²) in [6.45, 7) is 0.652. The fraction of sp³-hybridized carbons (Fsp3) is 0.429. The lowest BCUT2D eigenvalue weighted by Crippen LogP contribution is -2.47. The molecule has 0 radical (unpaired) electrons. The minimum Gasteiger partial charge on any atom is -0.492 e. The molecule has 11 heteroatoms. The number of nitrogens with two attached hydrogens (primary N) is 1. The van der Waals surface area contributed by atoms with Gasteiger partial charge in [-0.1, -0.05) is 18.2 Å². The molecule has 0 spiro atoms. The zero-order valence-corrected chi connectivity index (χ0v) is 18.8. The minimum atomic E-state index is -4.35. The van der Waals surface area contributed by atoms with Crippen LogP contribution in [0.4, 0.5) is 5.69 Å². The van der Waals surface area contributed by atoms with E-state index in [0.717, 1.165) is 4.31 Å². The van der Waals surface area contributed by atoms with Crippen molar-refractivity contribution >= 4 is 15.7 Å². The van der Waals surface area contributed by atoms with Gasteiger partial charge in [0.2, 0.25) is 0 Å². The predicted molar refractivity (Wildman–Crippen MR) is 118 cm³/mol. The maximum Gasteiger partial charge on any atom is 0.268 e. The van der Waals surface area contributed by atoms with Gasteiger partial charge in [0.25, 0.3) is 10.0 Å². The molecule has 2 aromatic carbocycles. The molecular formula is C21H30N2O8S. The highest BCUT2D eigenvalue weighted by molar-refractivity contribution is 7.93. The van der Waals surface area contributed by atoms with Crippen molar-refractivity contribution in [3.05, 3.63) is 48.0 Å². The molecule has 10 nitrogen and oxygen atoms in total. The molecule has 0 aliphatic carbocycles. The fourth-order valence-electron chi connectivity index (χ4n) is 3.07. The van der Waals surface area contributed by atoms with Crippen LogP contribution in [0.25, 0.3) is 0 Å². The Morgan fingerprint density at radius 3 is 2.31 bits per heavy atom. The Morgan fingerprint density at radius 1 is 1.09 bits per heavy atom. The van der Waals surface area contributed by atoms with Gasteiger partial charge in [0.15, 0.2) is 11.5 Å². The van der Waals surface area contributed by atoms with E-state index in [4.69, 9.17) is 20.3 Å². The summed E-state index contributed by atoms with van der Waals surface area (Å²) in [4.78, 5) is -0.208. The van der Waals surface area contributed by atoms with E-state index in [0.29, 0.717) is 5.56 Å². The highest BCUT2D eigenvalue weighted by Gasteiger charge is 2.34. The van der Waals surface area contributed by atoms with Crippen molar-refractivity contribution in [1.29, 1.82) is 0 Å². The number of nitrogens with zero attached hydrogens (tertiary/aromatic N) is 1. The SMILES string of the molecule is COc1c(OCCN)cc(C)cc1S(=O)(=O)N(CC(O)C(O)C(O)CO)c1ccccc1. The van der Waals surface area contributed by atoms with Crippen molar-refractivity contribution in [2.75, 3.05) is 37.7 Å². The van der Waals surface area contributed by atoms with Crippen molar-refractivity contribution < 1.29 is 38.3 Å². The molecule has 2 rings (SSSR count). The third-order valence-electron chi connectivity index (χ3n) is 4.69. The Morgan fingerprint density at radius 2 is 1.75 bits per heavy atom. The number of hydrogen-bond donors (Lipinski definition) is 5. The summed E-state index contributed by atoms with van der Waals surface area (Å²) in [6.07, 6.45) is -5.12. The molecule has 0 saturated carbocycles. The third kappa shape index (κ3) is 5.88. The van der Waals surface area contributed by atoms with E-state index in [-0.39, 0.29) is 35.2 Å². The number of aryl methyl sites for hydroxylation is 1. The fourth-order valence-corrected chi connectivity index (χ4v) is 4.81. The van der Waals surface area contributed by atoms with Crippen LogP contribution in [-0.4, -0.2) is 80.6 Å². The second-order valence-electron chi connectivity index (χ2n) is 7.11. The number of anilines is 1. The van der Waals surface area contributed by atoms with Gasteiger partial charge >= 0.3 is 0 Å². The molecule has 6 N–H and O–H groups in total. The van der Waals surface area contributed by atoms with Crippen LogP contribution in [0.1, 0.15) is 5.56 Å². The van der Waals surface area contributed by atoms with Gasteiger partial charge in [-0.25, -0.2) is 8.42 Å². The second kappa shape index (κ2) is 11.5. The molecule has 0 fully saturated rings.